The van der Waals surface area contributed by atoms with Gasteiger partial charge in [-0.05, 0) is 37.6 Å². The van der Waals surface area contributed by atoms with Crippen LogP contribution in [0.5, 0.6) is 0 Å². The Morgan fingerprint density at radius 3 is 2.46 bits per heavy atom. The lowest BCUT2D eigenvalue weighted by atomic mass is 10.1. The first kappa shape index (κ1) is 19.3. The molecule has 0 radical (unpaired) electrons. The van der Waals surface area contributed by atoms with E-state index in [4.69, 9.17) is 0 Å². The van der Waals surface area contributed by atoms with E-state index >= 15 is 0 Å². The fourth-order valence-corrected chi connectivity index (χ4v) is 3.16. The van der Waals surface area contributed by atoms with Crippen molar-refractivity contribution in [3.05, 3.63) is 58.5 Å². The molecule has 0 aliphatic heterocycles. The summed E-state index contributed by atoms with van der Waals surface area (Å²) >= 11 is 0. The van der Waals surface area contributed by atoms with E-state index in [-0.39, 0.29) is 11.8 Å². The van der Waals surface area contributed by atoms with Crippen LogP contribution in [0.15, 0.2) is 30.3 Å². The lowest BCUT2D eigenvalue weighted by Gasteiger charge is -2.16. The molecule has 3 aromatic rings. The van der Waals surface area contributed by atoms with Crippen molar-refractivity contribution in [1.82, 2.24) is 30.2 Å². The molecule has 8 nitrogen and oxygen atoms in total. The molecule has 2 aromatic heterocycles. The maximum Gasteiger partial charge on any atom is 0.271 e. The standard InChI is InChI=1S/C20H24N6O2/c1-12-18(13(2)26(5)24-12)16-10-17(23-22-16)20(28)25(4)11-14-6-8-15(9-7-14)19(27)21-3/h6-10H,11H2,1-5H3,(H,21,27)(H,22,23). The topological polar surface area (TPSA) is 95.9 Å². The van der Waals surface area contributed by atoms with Gasteiger partial charge in [0.15, 0.2) is 0 Å². The Hall–Kier alpha value is -3.42. The number of nitrogens with zero attached hydrogens (tertiary/aromatic N) is 4. The Balaban J connectivity index is 1.74. The molecule has 0 bridgehead atoms. The number of hydrogen-bond acceptors (Lipinski definition) is 4. The Morgan fingerprint density at radius 2 is 1.89 bits per heavy atom. The third kappa shape index (κ3) is 3.66. The maximum atomic E-state index is 12.8. The summed E-state index contributed by atoms with van der Waals surface area (Å²) in [5, 5.41) is 14.1. The second kappa shape index (κ2) is 7.67. The summed E-state index contributed by atoms with van der Waals surface area (Å²) in [6, 6.07) is 8.93. The van der Waals surface area contributed by atoms with Crippen molar-refractivity contribution in [2.45, 2.75) is 20.4 Å². The Bertz CT molecular complexity index is 1020. The molecule has 0 atom stereocenters. The minimum atomic E-state index is -0.159. The van der Waals surface area contributed by atoms with Crippen LogP contribution in [-0.2, 0) is 13.6 Å². The summed E-state index contributed by atoms with van der Waals surface area (Å²) in [7, 11) is 5.21. The van der Waals surface area contributed by atoms with E-state index in [0.717, 1.165) is 22.5 Å². The van der Waals surface area contributed by atoms with Gasteiger partial charge in [0, 0.05) is 44.5 Å². The number of H-pyrrole nitrogens is 1. The molecule has 28 heavy (non-hydrogen) atoms. The van der Waals surface area contributed by atoms with E-state index < -0.39 is 0 Å². The van der Waals surface area contributed by atoms with E-state index in [1.807, 2.05) is 33.0 Å². The molecule has 0 fully saturated rings. The highest BCUT2D eigenvalue weighted by Gasteiger charge is 2.19. The summed E-state index contributed by atoms with van der Waals surface area (Å²) in [6.45, 7) is 4.32. The zero-order chi connectivity index (χ0) is 20.4. The SMILES string of the molecule is CNC(=O)c1ccc(CN(C)C(=O)c2cc(-c3c(C)nn(C)c3C)n[nH]2)cc1. The van der Waals surface area contributed by atoms with Gasteiger partial charge < -0.3 is 10.2 Å². The van der Waals surface area contributed by atoms with Gasteiger partial charge in [-0.15, -0.1) is 0 Å². The summed E-state index contributed by atoms with van der Waals surface area (Å²) in [4.78, 5) is 26.0. The number of rotatable bonds is 5. The van der Waals surface area contributed by atoms with Gasteiger partial charge in [-0.1, -0.05) is 12.1 Å². The van der Waals surface area contributed by atoms with Gasteiger partial charge in [-0.2, -0.15) is 10.2 Å². The number of carbonyl (C=O) groups excluding carboxylic acids is 2. The predicted molar refractivity (Wildman–Crippen MR) is 106 cm³/mol. The maximum absolute atomic E-state index is 12.8. The molecule has 1 aromatic carbocycles. The summed E-state index contributed by atoms with van der Waals surface area (Å²) in [6.07, 6.45) is 0. The Labute approximate surface area is 163 Å². The fraction of sp³-hybridized carbons (Fsp3) is 0.300. The number of benzene rings is 1. The summed E-state index contributed by atoms with van der Waals surface area (Å²) in [5.41, 5.74) is 5.44. The van der Waals surface area contributed by atoms with Crippen LogP contribution in [0.25, 0.3) is 11.3 Å². The van der Waals surface area contributed by atoms with Gasteiger partial charge >= 0.3 is 0 Å². The minimum Gasteiger partial charge on any atom is -0.355 e. The Kier molecular flexibility index (Phi) is 5.30. The predicted octanol–water partition coefficient (Wildman–Crippen LogP) is 2.06. The van der Waals surface area contributed by atoms with Crippen molar-refractivity contribution in [1.29, 1.82) is 0 Å². The van der Waals surface area contributed by atoms with Crippen LogP contribution >= 0.6 is 0 Å². The van der Waals surface area contributed by atoms with Crippen LogP contribution in [0.1, 0.15) is 37.8 Å². The highest BCUT2D eigenvalue weighted by molar-refractivity contribution is 5.94. The van der Waals surface area contributed by atoms with Gasteiger partial charge in [0.2, 0.25) is 0 Å². The molecule has 3 rings (SSSR count). The van der Waals surface area contributed by atoms with Gasteiger partial charge in [0.25, 0.3) is 11.8 Å². The van der Waals surface area contributed by atoms with Crippen molar-refractivity contribution in [2.75, 3.05) is 14.1 Å². The molecular weight excluding hydrogens is 356 g/mol. The molecule has 0 saturated heterocycles. The zero-order valence-corrected chi connectivity index (χ0v) is 16.7. The monoisotopic (exact) mass is 380 g/mol. The number of nitrogens with one attached hydrogen (secondary N) is 2. The zero-order valence-electron chi connectivity index (χ0n) is 16.7. The van der Waals surface area contributed by atoms with Crippen molar-refractivity contribution in [3.8, 4) is 11.3 Å². The number of aromatic amines is 1. The molecule has 2 N–H and O–H groups in total. The van der Waals surface area contributed by atoms with Crippen LogP contribution < -0.4 is 5.32 Å². The third-order valence-electron chi connectivity index (χ3n) is 4.78. The van der Waals surface area contributed by atoms with E-state index in [1.165, 1.54) is 0 Å². The highest BCUT2D eigenvalue weighted by Crippen LogP contribution is 2.25. The first-order valence-corrected chi connectivity index (χ1v) is 8.94. The summed E-state index contributed by atoms with van der Waals surface area (Å²) < 4.78 is 1.80. The number of carbonyl (C=O) groups is 2. The van der Waals surface area contributed by atoms with Crippen molar-refractivity contribution >= 4 is 11.8 Å². The molecule has 8 heteroatoms. The molecule has 0 saturated carbocycles. The molecular formula is C20H24N6O2. The molecule has 2 amide bonds. The number of aryl methyl sites for hydroxylation is 2. The van der Waals surface area contributed by atoms with Crippen LogP contribution in [0.4, 0.5) is 0 Å². The molecule has 2 heterocycles. The van der Waals surface area contributed by atoms with Crippen LogP contribution in [-0.4, -0.2) is 50.8 Å². The van der Waals surface area contributed by atoms with E-state index in [1.54, 1.807) is 41.9 Å². The average molecular weight is 380 g/mol. The number of amides is 2. The number of aromatic nitrogens is 4. The van der Waals surface area contributed by atoms with Gasteiger partial charge in [0.1, 0.15) is 5.69 Å². The van der Waals surface area contributed by atoms with Gasteiger partial charge in [-0.3, -0.25) is 19.4 Å². The van der Waals surface area contributed by atoms with Crippen molar-refractivity contribution < 1.29 is 9.59 Å². The molecule has 146 valence electrons. The van der Waals surface area contributed by atoms with E-state index in [9.17, 15) is 9.59 Å². The van der Waals surface area contributed by atoms with Crippen LogP contribution in [0.2, 0.25) is 0 Å². The normalized spacial score (nSPS) is 10.8. The van der Waals surface area contributed by atoms with Gasteiger partial charge in [-0.25, -0.2) is 0 Å². The van der Waals surface area contributed by atoms with Gasteiger partial charge in [0.05, 0.1) is 11.4 Å². The molecule has 0 aliphatic rings. The smallest absolute Gasteiger partial charge is 0.271 e. The van der Waals surface area contributed by atoms with E-state index in [2.05, 4.69) is 20.6 Å². The highest BCUT2D eigenvalue weighted by atomic mass is 16.2. The molecule has 0 aliphatic carbocycles. The minimum absolute atomic E-state index is 0.137. The summed E-state index contributed by atoms with van der Waals surface area (Å²) in [5.74, 6) is -0.296. The van der Waals surface area contributed by atoms with Crippen molar-refractivity contribution in [2.24, 2.45) is 7.05 Å². The first-order chi connectivity index (χ1) is 13.3. The first-order valence-electron chi connectivity index (χ1n) is 8.94. The average Bonchev–Trinajstić information content (AvgIpc) is 3.25. The lowest BCUT2D eigenvalue weighted by Crippen LogP contribution is -2.26. The number of hydrogen-bond donors (Lipinski definition) is 2. The second-order valence-corrected chi connectivity index (χ2v) is 6.77. The quantitative estimate of drug-likeness (QED) is 0.708. The second-order valence-electron chi connectivity index (χ2n) is 6.77. The molecule has 0 unspecified atom stereocenters. The van der Waals surface area contributed by atoms with E-state index in [0.29, 0.717) is 23.5 Å². The Morgan fingerprint density at radius 1 is 1.21 bits per heavy atom. The largest absolute Gasteiger partial charge is 0.355 e. The van der Waals surface area contributed by atoms with Crippen LogP contribution in [0, 0.1) is 13.8 Å². The fourth-order valence-electron chi connectivity index (χ4n) is 3.16. The third-order valence-corrected chi connectivity index (χ3v) is 4.78. The van der Waals surface area contributed by atoms with Crippen LogP contribution in [0.3, 0.4) is 0 Å². The lowest BCUT2D eigenvalue weighted by molar-refractivity contribution is 0.0778. The molecule has 0 spiro atoms. The van der Waals surface area contributed by atoms with Crippen molar-refractivity contribution in [3.63, 3.8) is 0 Å².